The van der Waals surface area contributed by atoms with Crippen LogP contribution in [0, 0.1) is 6.92 Å². The van der Waals surface area contributed by atoms with Gasteiger partial charge in [0.05, 0.1) is 10.2 Å². The third-order valence-electron chi connectivity index (χ3n) is 4.40. The SMILES string of the molecule is CCCC(=O)NCCN1CCN(c2nc3ccc(C)cc3s2)CC1. The minimum Gasteiger partial charge on any atom is -0.355 e. The van der Waals surface area contributed by atoms with E-state index in [4.69, 9.17) is 4.98 Å². The number of fused-ring (bicyclic) bond motifs is 1. The van der Waals surface area contributed by atoms with E-state index in [1.165, 1.54) is 10.3 Å². The lowest BCUT2D eigenvalue weighted by Gasteiger charge is -2.34. The normalized spacial score (nSPS) is 15.8. The molecule has 1 aromatic heterocycles. The molecule has 3 rings (SSSR count). The van der Waals surface area contributed by atoms with Crippen LogP contribution in [0.15, 0.2) is 18.2 Å². The van der Waals surface area contributed by atoms with Gasteiger partial charge >= 0.3 is 0 Å². The van der Waals surface area contributed by atoms with Gasteiger partial charge in [0, 0.05) is 45.7 Å². The summed E-state index contributed by atoms with van der Waals surface area (Å²) in [7, 11) is 0. The van der Waals surface area contributed by atoms with Crippen LogP contribution in [0.25, 0.3) is 10.2 Å². The molecule has 0 bridgehead atoms. The number of thiazole rings is 1. The summed E-state index contributed by atoms with van der Waals surface area (Å²) in [4.78, 5) is 21.1. The maximum Gasteiger partial charge on any atom is 0.220 e. The van der Waals surface area contributed by atoms with E-state index >= 15 is 0 Å². The Morgan fingerprint density at radius 3 is 2.83 bits per heavy atom. The molecule has 6 heteroatoms. The second kappa shape index (κ2) is 7.94. The Morgan fingerprint density at radius 1 is 1.29 bits per heavy atom. The molecule has 1 aliphatic rings. The van der Waals surface area contributed by atoms with E-state index in [9.17, 15) is 4.79 Å². The van der Waals surface area contributed by atoms with Gasteiger partial charge in [0.25, 0.3) is 0 Å². The van der Waals surface area contributed by atoms with Crippen LogP contribution in [0.5, 0.6) is 0 Å². The zero-order chi connectivity index (χ0) is 16.9. The van der Waals surface area contributed by atoms with Crippen LogP contribution in [-0.2, 0) is 4.79 Å². The molecule has 1 aliphatic heterocycles. The quantitative estimate of drug-likeness (QED) is 0.874. The van der Waals surface area contributed by atoms with E-state index in [-0.39, 0.29) is 5.91 Å². The summed E-state index contributed by atoms with van der Waals surface area (Å²) in [5, 5.41) is 4.12. The van der Waals surface area contributed by atoms with Gasteiger partial charge in [-0.2, -0.15) is 0 Å². The van der Waals surface area contributed by atoms with Crippen LogP contribution in [0.2, 0.25) is 0 Å². The lowest BCUT2D eigenvalue weighted by molar-refractivity contribution is -0.121. The Balaban J connectivity index is 1.48. The largest absolute Gasteiger partial charge is 0.355 e. The van der Waals surface area contributed by atoms with Gasteiger partial charge in [0.15, 0.2) is 5.13 Å². The van der Waals surface area contributed by atoms with Crippen molar-refractivity contribution >= 4 is 32.6 Å². The van der Waals surface area contributed by atoms with Crippen molar-refractivity contribution in [1.29, 1.82) is 0 Å². The number of aryl methyl sites for hydroxylation is 1. The molecule has 1 saturated heterocycles. The number of aromatic nitrogens is 1. The maximum absolute atomic E-state index is 11.5. The lowest BCUT2D eigenvalue weighted by atomic mass is 10.2. The highest BCUT2D eigenvalue weighted by Gasteiger charge is 2.19. The fourth-order valence-corrected chi connectivity index (χ4v) is 4.10. The summed E-state index contributed by atoms with van der Waals surface area (Å²) < 4.78 is 1.27. The Hall–Kier alpha value is -1.66. The molecule has 2 aromatic rings. The Bertz CT molecular complexity index is 691. The van der Waals surface area contributed by atoms with Crippen molar-refractivity contribution < 1.29 is 4.79 Å². The molecule has 1 N–H and O–H groups in total. The van der Waals surface area contributed by atoms with Crippen molar-refractivity contribution in [2.24, 2.45) is 0 Å². The fourth-order valence-electron chi connectivity index (χ4n) is 2.99. The van der Waals surface area contributed by atoms with E-state index < -0.39 is 0 Å². The van der Waals surface area contributed by atoms with Gasteiger partial charge in [-0.3, -0.25) is 9.69 Å². The number of hydrogen-bond donors (Lipinski definition) is 1. The average Bonchev–Trinajstić information content (AvgIpc) is 2.99. The molecule has 24 heavy (non-hydrogen) atoms. The number of nitrogens with zero attached hydrogens (tertiary/aromatic N) is 3. The fraction of sp³-hybridized carbons (Fsp3) is 0.556. The molecule has 0 atom stereocenters. The molecule has 1 amide bonds. The molecule has 0 radical (unpaired) electrons. The van der Waals surface area contributed by atoms with Crippen molar-refractivity contribution in [2.45, 2.75) is 26.7 Å². The van der Waals surface area contributed by atoms with Gasteiger partial charge < -0.3 is 10.2 Å². The summed E-state index contributed by atoms with van der Waals surface area (Å²) in [5.41, 5.74) is 2.38. The highest BCUT2D eigenvalue weighted by atomic mass is 32.1. The van der Waals surface area contributed by atoms with Crippen molar-refractivity contribution in [2.75, 3.05) is 44.2 Å². The molecule has 0 spiro atoms. The summed E-state index contributed by atoms with van der Waals surface area (Å²) in [6.07, 6.45) is 1.54. The first kappa shape index (κ1) is 17.2. The average molecular weight is 347 g/mol. The Morgan fingerprint density at radius 2 is 2.08 bits per heavy atom. The number of carbonyl (C=O) groups is 1. The summed E-state index contributed by atoms with van der Waals surface area (Å²) in [5.74, 6) is 0.168. The van der Waals surface area contributed by atoms with E-state index in [0.717, 1.165) is 56.3 Å². The van der Waals surface area contributed by atoms with E-state index in [2.05, 4.69) is 40.2 Å². The van der Waals surface area contributed by atoms with Crippen molar-refractivity contribution in [3.05, 3.63) is 23.8 Å². The van der Waals surface area contributed by atoms with Crippen molar-refractivity contribution in [1.82, 2.24) is 15.2 Å². The number of nitrogens with one attached hydrogen (secondary N) is 1. The third kappa shape index (κ3) is 4.24. The zero-order valence-corrected chi connectivity index (χ0v) is 15.4. The first-order valence-electron chi connectivity index (χ1n) is 8.77. The van der Waals surface area contributed by atoms with Crippen LogP contribution in [0.3, 0.4) is 0 Å². The first-order valence-corrected chi connectivity index (χ1v) is 9.58. The van der Waals surface area contributed by atoms with Gasteiger partial charge in [-0.25, -0.2) is 4.98 Å². The van der Waals surface area contributed by atoms with Gasteiger partial charge in [-0.15, -0.1) is 0 Å². The number of anilines is 1. The van der Waals surface area contributed by atoms with Crippen molar-refractivity contribution in [3.8, 4) is 0 Å². The van der Waals surface area contributed by atoms with Crippen LogP contribution in [-0.4, -0.2) is 55.1 Å². The summed E-state index contributed by atoms with van der Waals surface area (Å²) in [6.45, 7) is 9.89. The number of hydrogen-bond acceptors (Lipinski definition) is 5. The zero-order valence-electron chi connectivity index (χ0n) is 14.5. The first-order chi connectivity index (χ1) is 11.7. The topological polar surface area (TPSA) is 48.5 Å². The van der Waals surface area contributed by atoms with Gasteiger partial charge in [0.1, 0.15) is 0 Å². The van der Waals surface area contributed by atoms with E-state index in [0.29, 0.717) is 6.42 Å². The van der Waals surface area contributed by atoms with Crippen LogP contribution >= 0.6 is 11.3 Å². The molecule has 2 heterocycles. The Labute approximate surface area is 147 Å². The van der Waals surface area contributed by atoms with Gasteiger partial charge in [-0.05, 0) is 31.0 Å². The molecular formula is C18H26N4OS. The molecule has 0 aliphatic carbocycles. The smallest absolute Gasteiger partial charge is 0.220 e. The van der Waals surface area contributed by atoms with Crippen LogP contribution < -0.4 is 10.2 Å². The van der Waals surface area contributed by atoms with Crippen LogP contribution in [0.4, 0.5) is 5.13 Å². The molecule has 1 fully saturated rings. The second-order valence-corrected chi connectivity index (χ2v) is 7.41. The monoisotopic (exact) mass is 346 g/mol. The van der Waals surface area contributed by atoms with E-state index in [1.807, 2.05) is 6.92 Å². The molecule has 1 aromatic carbocycles. The molecule has 5 nitrogen and oxygen atoms in total. The predicted octanol–water partition coefficient (Wildman–Crippen LogP) is 2.64. The summed E-state index contributed by atoms with van der Waals surface area (Å²) >= 11 is 1.79. The second-order valence-electron chi connectivity index (χ2n) is 6.40. The molecular weight excluding hydrogens is 320 g/mol. The highest BCUT2D eigenvalue weighted by molar-refractivity contribution is 7.22. The molecule has 130 valence electrons. The molecule has 0 saturated carbocycles. The number of piperazine rings is 1. The number of amides is 1. The molecule has 0 unspecified atom stereocenters. The van der Waals surface area contributed by atoms with E-state index in [1.54, 1.807) is 11.3 Å². The number of carbonyl (C=O) groups excluding carboxylic acids is 1. The van der Waals surface area contributed by atoms with Crippen molar-refractivity contribution in [3.63, 3.8) is 0 Å². The standard InChI is InChI=1S/C18H26N4OS/c1-3-4-17(23)19-7-8-21-9-11-22(12-10-21)18-20-15-6-5-14(2)13-16(15)24-18/h5-6,13H,3-4,7-12H2,1-2H3,(H,19,23). The highest BCUT2D eigenvalue weighted by Crippen LogP contribution is 2.29. The Kier molecular flexibility index (Phi) is 5.68. The third-order valence-corrected chi connectivity index (χ3v) is 5.48. The minimum absolute atomic E-state index is 0.168. The number of benzene rings is 1. The minimum atomic E-state index is 0.168. The van der Waals surface area contributed by atoms with Gasteiger partial charge in [-0.1, -0.05) is 24.3 Å². The predicted molar refractivity (Wildman–Crippen MR) is 101 cm³/mol. The van der Waals surface area contributed by atoms with Crippen LogP contribution in [0.1, 0.15) is 25.3 Å². The maximum atomic E-state index is 11.5. The number of rotatable bonds is 6. The van der Waals surface area contributed by atoms with Gasteiger partial charge in [0.2, 0.25) is 5.91 Å². The summed E-state index contributed by atoms with van der Waals surface area (Å²) in [6, 6.07) is 6.45. The lowest BCUT2D eigenvalue weighted by Crippen LogP contribution is -2.48.